The van der Waals surface area contributed by atoms with Crippen molar-refractivity contribution in [3.05, 3.63) is 71.1 Å². The maximum absolute atomic E-state index is 13.4. The lowest BCUT2D eigenvalue weighted by Crippen LogP contribution is -2.29. The van der Waals surface area contributed by atoms with Crippen LogP contribution in [0.25, 0.3) is 5.82 Å². The molecule has 5 nitrogen and oxygen atoms in total. The van der Waals surface area contributed by atoms with Crippen molar-refractivity contribution in [3.63, 3.8) is 0 Å². The predicted octanol–water partition coefficient (Wildman–Crippen LogP) is 2.81. The summed E-state index contributed by atoms with van der Waals surface area (Å²) in [6.07, 6.45) is 2.29. The third-order valence-corrected chi connectivity index (χ3v) is 4.28. The van der Waals surface area contributed by atoms with Crippen LogP contribution in [0.5, 0.6) is 5.88 Å². The van der Waals surface area contributed by atoms with Crippen LogP contribution in [0.15, 0.2) is 42.6 Å². The number of pyridine rings is 1. The molecule has 1 aliphatic heterocycles. The summed E-state index contributed by atoms with van der Waals surface area (Å²) in [6, 6.07) is 8.91. The van der Waals surface area contributed by atoms with Crippen LogP contribution in [0.4, 0.5) is 8.78 Å². The number of aromatic hydroxyl groups is 1. The van der Waals surface area contributed by atoms with E-state index in [1.165, 1.54) is 16.8 Å². The number of aromatic nitrogens is 3. The van der Waals surface area contributed by atoms with E-state index >= 15 is 0 Å². The summed E-state index contributed by atoms with van der Waals surface area (Å²) in [4.78, 5) is 6.23. The molecule has 0 unspecified atom stereocenters. The Kier molecular flexibility index (Phi) is 3.93. The molecular formula is C18H16F2N4O. The van der Waals surface area contributed by atoms with Crippen molar-refractivity contribution < 1.29 is 13.9 Å². The van der Waals surface area contributed by atoms with E-state index in [-0.39, 0.29) is 5.88 Å². The lowest BCUT2D eigenvalue weighted by molar-refractivity contribution is 0.240. The zero-order valence-corrected chi connectivity index (χ0v) is 13.4. The van der Waals surface area contributed by atoms with Gasteiger partial charge in [0, 0.05) is 38.3 Å². The first-order valence-corrected chi connectivity index (χ1v) is 7.98. The van der Waals surface area contributed by atoms with E-state index in [0.29, 0.717) is 37.4 Å². The van der Waals surface area contributed by atoms with Crippen molar-refractivity contribution in [3.8, 4) is 11.7 Å². The minimum absolute atomic E-state index is 0.0591. The van der Waals surface area contributed by atoms with Crippen LogP contribution in [0.2, 0.25) is 0 Å². The summed E-state index contributed by atoms with van der Waals surface area (Å²) in [5.74, 6) is -0.561. The van der Waals surface area contributed by atoms with Gasteiger partial charge in [-0.05, 0) is 29.8 Å². The number of benzene rings is 1. The van der Waals surface area contributed by atoms with Crippen LogP contribution >= 0.6 is 0 Å². The molecule has 0 bridgehead atoms. The largest absolute Gasteiger partial charge is 0.493 e. The molecule has 3 heterocycles. The summed E-state index contributed by atoms with van der Waals surface area (Å²) in [5.41, 5.74) is 2.12. The minimum atomic E-state index is -0.585. The van der Waals surface area contributed by atoms with Gasteiger partial charge in [-0.1, -0.05) is 6.07 Å². The molecule has 0 radical (unpaired) electrons. The minimum Gasteiger partial charge on any atom is -0.493 e. The van der Waals surface area contributed by atoms with Crippen LogP contribution in [0, 0.1) is 11.6 Å². The lowest BCUT2D eigenvalue weighted by Gasteiger charge is -2.26. The highest BCUT2D eigenvalue weighted by molar-refractivity contribution is 5.38. The second-order valence-electron chi connectivity index (χ2n) is 6.09. The molecule has 0 amide bonds. The fourth-order valence-electron chi connectivity index (χ4n) is 3.15. The Bertz CT molecular complexity index is 891. The predicted molar refractivity (Wildman–Crippen MR) is 87.2 cm³/mol. The molecule has 0 aliphatic carbocycles. The van der Waals surface area contributed by atoms with E-state index in [1.807, 2.05) is 11.0 Å². The number of hydrogen-bond acceptors (Lipinski definition) is 4. The first kappa shape index (κ1) is 15.7. The van der Waals surface area contributed by atoms with E-state index in [9.17, 15) is 13.9 Å². The van der Waals surface area contributed by atoms with Crippen molar-refractivity contribution >= 4 is 0 Å². The van der Waals surface area contributed by atoms with Crippen LogP contribution in [-0.2, 0) is 19.5 Å². The highest BCUT2D eigenvalue weighted by Gasteiger charge is 2.25. The lowest BCUT2D eigenvalue weighted by atomic mass is 10.1. The van der Waals surface area contributed by atoms with E-state index in [1.54, 1.807) is 18.3 Å². The molecule has 128 valence electrons. The van der Waals surface area contributed by atoms with Gasteiger partial charge in [-0.2, -0.15) is 9.78 Å². The van der Waals surface area contributed by atoms with Gasteiger partial charge in [0.1, 0.15) is 11.6 Å². The molecule has 0 saturated carbocycles. The zero-order valence-electron chi connectivity index (χ0n) is 13.4. The molecule has 0 fully saturated rings. The third-order valence-electron chi connectivity index (χ3n) is 4.28. The van der Waals surface area contributed by atoms with E-state index in [4.69, 9.17) is 0 Å². The summed E-state index contributed by atoms with van der Waals surface area (Å²) in [7, 11) is 0. The van der Waals surface area contributed by atoms with Gasteiger partial charge in [-0.25, -0.2) is 13.8 Å². The second kappa shape index (κ2) is 6.25. The maximum atomic E-state index is 13.4. The van der Waals surface area contributed by atoms with Gasteiger partial charge in [0.05, 0.1) is 11.3 Å². The molecule has 7 heteroatoms. The van der Waals surface area contributed by atoms with Crippen LogP contribution in [0.1, 0.15) is 16.8 Å². The monoisotopic (exact) mass is 342 g/mol. The van der Waals surface area contributed by atoms with Gasteiger partial charge in [0.25, 0.3) is 0 Å². The molecule has 0 spiro atoms. The highest BCUT2D eigenvalue weighted by atomic mass is 19.1. The SMILES string of the molecule is Oc1c2c(nn1-c1ccccn1)CCN(Cc1cc(F)cc(F)c1)C2. The highest BCUT2D eigenvalue weighted by Crippen LogP contribution is 2.29. The Hall–Kier alpha value is -2.80. The molecule has 1 aliphatic rings. The van der Waals surface area contributed by atoms with Gasteiger partial charge >= 0.3 is 0 Å². The number of nitrogens with zero attached hydrogens (tertiary/aromatic N) is 4. The van der Waals surface area contributed by atoms with Crippen LogP contribution in [-0.4, -0.2) is 31.3 Å². The van der Waals surface area contributed by atoms with Gasteiger partial charge in [-0.15, -0.1) is 0 Å². The van der Waals surface area contributed by atoms with Crippen molar-refractivity contribution in [1.82, 2.24) is 19.7 Å². The molecular weight excluding hydrogens is 326 g/mol. The van der Waals surface area contributed by atoms with Crippen LogP contribution < -0.4 is 0 Å². The number of halogens is 2. The van der Waals surface area contributed by atoms with Crippen molar-refractivity contribution in [1.29, 1.82) is 0 Å². The van der Waals surface area contributed by atoms with Crippen LogP contribution in [0.3, 0.4) is 0 Å². The molecule has 1 N–H and O–H groups in total. The van der Waals surface area contributed by atoms with Crippen molar-refractivity contribution in [2.24, 2.45) is 0 Å². The summed E-state index contributed by atoms with van der Waals surface area (Å²) in [6.45, 7) is 1.57. The fourth-order valence-corrected chi connectivity index (χ4v) is 3.15. The standard InChI is InChI=1S/C18H16F2N4O/c19-13-7-12(8-14(20)9-13)10-23-6-4-16-15(11-23)18(25)24(22-16)17-3-1-2-5-21-17/h1-3,5,7-9,25H,4,6,10-11H2. The van der Waals surface area contributed by atoms with E-state index < -0.39 is 11.6 Å². The Labute approximate surface area is 143 Å². The molecule has 0 atom stereocenters. The molecule has 0 saturated heterocycles. The molecule has 4 rings (SSSR count). The molecule has 2 aromatic heterocycles. The average Bonchev–Trinajstić information content (AvgIpc) is 2.91. The normalized spacial score (nSPS) is 14.5. The summed E-state index contributed by atoms with van der Waals surface area (Å²) < 4.78 is 28.1. The Balaban J connectivity index is 1.58. The summed E-state index contributed by atoms with van der Waals surface area (Å²) in [5, 5.41) is 15.0. The Morgan fingerprint density at radius 2 is 1.92 bits per heavy atom. The van der Waals surface area contributed by atoms with Gasteiger partial charge in [0.2, 0.25) is 5.88 Å². The Morgan fingerprint density at radius 3 is 2.64 bits per heavy atom. The molecule has 3 aromatic rings. The van der Waals surface area contributed by atoms with E-state index in [2.05, 4.69) is 10.1 Å². The van der Waals surface area contributed by atoms with Gasteiger partial charge < -0.3 is 5.11 Å². The number of rotatable bonds is 3. The third kappa shape index (κ3) is 3.10. The Morgan fingerprint density at radius 1 is 1.12 bits per heavy atom. The molecule has 1 aromatic carbocycles. The average molecular weight is 342 g/mol. The smallest absolute Gasteiger partial charge is 0.220 e. The van der Waals surface area contributed by atoms with Crippen molar-refractivity contribution in [2.75, 3.05) is 6.54 Å². The maximum Gasteiger partial charge on any atom is 0.220 e. The number of fused-ring (bicyclic) bond motifs is 1. The van der Waals surface area contributed by atoms with Crippen molar-refractivity contribution in [2.45, 2.75) is 19.5 Å². The van der Waals surface area contributed by atoms with Gasteiger partial charge in [-0.3, -0.25) is 4.90 Å². The first-order valence-electron chi connectivity index (χ1n) is 7.98. The van der Waals surface area contributed by atoms with E-state index in [0.717, 1.165) is 17.3 Å². The van der Waals surface area contributed by atoms with Gasteiger partial charge in [0.15, 0.2) is 5.82 Å². The summed E-state index contributed by atoms with van der Waals surface area (Å²) >= 11 is 0. The fraction of sp³-hybridized carbons (Fsp3) is 0.222. The first-order chi connectivity index (χ1) is 12.1. The number of hydrogen-bond donors (Lipinski definition) is 1. The second-order valence-corrected chi connectivity index (χ2v) is 6.09. The zero-order chi connectivity index (χ0) is 17.4. The quantitative estimate of drug-likeness (QED) is 0.795. The topological polar surface area (TPSA) is 54.2 Å². The molecule has 25 heavy (non-hydrogen) atoms.